The van der Waals surface area contributed by atoms with Crippen molar-refractivity contribution in [1.82, 2.24) is 5.32 Å². The van der Waals surface area contributed by atoms with E-state index in [-0.39, 0.29) is 24.0 Å². The Kier molecular flexibility index (Phi) is 6.42. The molecule has 0 aliphatic heterocycles. The number of hydrogen-bond donors (Lipinski definition) is 1. The zero-order chi connectivity index (χ0) is 22.7. The lowest BCUT2D eigenvalue weighted by atomic mass is 9.98. The maximum Gasteiger partial charge on any atom is 0.407 e. The molecule has 0 aromatic heterocycles. The van der Waals surface area contributed by atoms with E-state index in [1.54, 1.807) is 6.07 Å². The molecule has 0 saturated heterocycles. The number of halogens is 2. The molecule has 3 aromatic rings. The van der Waals surface area contributed by atoms with Gasteiger partial charge in [-0.2, -0.15) is 0 Å². The van der Waals surface area contributed by atoms with Crippen LogP contribution < -0.4 is 5.32 Å². The molecule has 0 radical (unpaired) electrons. The van der Waals surface area contributed by atoms with Gasteiger partial charge in [-0.25, -0.2) is 14.0 Å². The first-order chi connectivity index (χ1) is 15.5. The van der Waals surface area contributed by atoms with Crippen LogP contribution in [0.1, 0.15) is 22.6 Å². The van der Waals surface area contributed by atoms with E-state index < -0.39 is 23.9 Å². The van der Waals surface area contributed by atoms with Crippen LogP contribution in [-0.2, 0) is 20.7 Å². The van der Waals surface area contributed by atoms with Gasteiger partial charge in [0.05, 0.1) is 12.1 Å². The molecule has 164 valence electrons. The number of alkyl carbamates (subject to hydrolysis) is 1. The van der Waals surface area contributed by atoms with Crippen LogP contribution >= 0.6 is 11.6 Å². The number of carbonyl (C=O) groups is 2. The minimum Gasteiger partial charge on any atom is -0.467 e. The molecule has 0 spiro atoms. The summed E-state index contributed by atoms with van der Waals surface area (Å²) in [5.74, 6) is -1.36. The Bertz CT molecular complexity index is 1120. The largest absolute Gasteiger partial charge is 0.467 e. The molecule has 1 aliphatic carbocycles. The number of carbonyl (C=O) groups excluding carboxylic acids is 2. The van der Waals surface area contributed by atoms with Crippen molar-refractivity contribution >= 4 is 23.7 Å². The minimum atomic E-state index is -1.03. The SMILES string of the molecule is COC(=O)[C@H](Cc1ccc(Cl)c(F)c1)NC(=O)OCC1c2ccccc2-c2ccccc21. The van der Waals surface area contributed by atoms with Gasteiger partial charge >= 0.3 is 12.1 Å². The summed E-state index contributed by atoms with van der Waals surface area (Å²) in [5, 5.41) is 2.51. The Morgan fingerprint density at radius 3 is 2.25 bits per heavy atom. The Morgan fingerprint density at radius 1 is 1.03 bits per heavy atom. The highest BCUT2D eigenvalue weighted by Crippen LogP contribution is 2.44. The van der Waals surface area contributed by atoms with E-state index in [2.05, 4.69) is 5.32 Å². The lowest BCUT2D eigenvalue weighted by Gasteiger charge is -2.18. The monoisotopic (exact) mass is 453 g/mol. The normalized spacial score (nSPS) is 13.1. The molecule has 5 nitrogen and oxygen atoms in total. The number of nitrogens with one attached hydrogen (secondary N) is 1. The molecule has 7 heteroatoms. The maximum atomic E-state index is 13.8. The third-order valence-corrected chi connectivity index (χ3v) is 5.85. The molecule has 1 aliphatic rings. The molecule has 0 bridgehead atoms. The summed E-state index contributed by atoms with van der Waals surface area (Å²) < 4.78 is 24.0. The summed E-state index contributed by atoms with van der Waals surface area (Å²) in [4.78, 5) is 24.7. The van der Waals surface area contributed by atoms with Crippen molar-refractivity contribution in [3.8, 4) is 11.1 Å². The smallest absolute Gasteiger partial charge is 0.407 e. The molecule has 0 saturated carbocycles. The van der Waals surface area contributed by atoms with Gasteiger partial charge in [0.15, 0.2) is 0 Å². The Labute approximate surface area is 190 Å². The molecular weight excluding hydrogens is 433 g/mol. The van der Waals surface area contributed by atoms with Crippen molar-refractivity contribution in [1.29, 1.82) is 0 Å². The van der Waals surface area contributed by atoms with Crippen LogP contribution in [0.15, 0.2) is 66.7 Å². The average Bonchev–Trinajstić information content (AvgIpc) is 3.13. The van der Waals surface area contributed by atoms with E-state index in [1.165, 1.54) is 19.2 Å². The van der Waals surface area contributed by atoms with Gasteiger partial charge in [0, 0.05) is 12.3 Å². The first-order valence-corrected chi connectivity index (χ1v) is 10.5. The van der Waals surface area contributed by atoms with Crippen LogP contribution in [0.25, 0.3) is 11.1 Å². The topological polar surface area (TPSA) is 64.6 Å². The summed E-state index contributed by atoms with van der Waals surface area (Å²) in [6, 6.07) is 19.2. The third kappa shape index (κ3) is 4.46. The second-order valence-corrected chi connectivity index (χ2v) is 7.91. The summed E-state index contributed by atoms with van der Waals surface area (Å²) in [6.07, 6.45) is -0.720. The number of amides is 1. The Hall–Kier alpha value is -3.38. The predicted molar refractivity (Wildman–Crippen MR) is 119 cm³/mol. The van der Waals surface area contributed by atoms with Gasteiger partial charge < -0.3 is 14.8 Å². The van der Waals surface area contributed by atoms with Crippen molar-refractivity contribution < 1.29 is 23.5 Å². The molecule has 32 heavy (non-hydrogen) atoms. The highest BCUT2D eigenvalue weighted by Gasteiger charge is 2.30. The Balaban J connectivity index is 1.45. The average molecular weight is 454 g/mol. The van der Waals surface area contributed by atoms with Crippen molar-refractivity contribution in [3.05, 3.63) is 94.3 Å². The van der Waals surface area contributed by atoms with Gasteiger partial charge in [0.25, 0.3) is 0 Å². The molecule has 1 amide bonds. The van der Waals surface area contributed by atoms with Crippen molar-refractivity contribution in [2.75, 3.05) is 13.7 Å². The van der Waals surface area contributed by atoms with Crippen LogP contribution in [-0.4, -0.2) is 31.8 Å². The lowest BCUT2D eigenvalue weighted by molar-refractivity contribution is -0.143. The molecule has 4 rings (SSSR count). The van der Waals surface area contributed by atoms with Gasteiger partial charge in [-0.1, -0.05) is 66.2 Å². The van der Waals surface area contributed by atoms with Gasteiger partial charge in [0.2, 0.25) is 0 Å². The molecule has 3 aromatic carbocycles. The van der Waals surface area contributed by atoms with Gasteiger partial charge in [-0.15, -0.1) is 0 Å². The fourth-order valence-electron chi connectivity index (χ4n) is 4.02. The molecule has 0 unspecified atom stereocenters. The molecule has 1 N–H and O–H groups in total. The van der Waals surface area contributed by atoms with Gasteiger partial charge in [0.1, 0.15) is 18.5 Å². The summed E-state index contributed by atoms with van der Waals surface area (Å²) >= 11 is 5.71. The van der Waals surface area contributed by atoms with E-state index in [9.17, 15) is 14.0 Å². The maximum absolute atomic E-state index is 13.8. The van der Waals surface area contributed by atoms with Crippen LogP contribution in [0.3, 0.4) is 0 Å². The second kappa shape index (κ2) is 9.40. The molecular formula is C25H21ClFNO4. The zero-order valence-corrected chi connectivity index (χ0v) is 18.1. The highest BCUT2D eigenvalue weighted by molar-refractivity contribution is 6.30. The molecule has 0 fully saturated rings. The summed E-state index contributed by atoms with van der Waals surface area (Å²) in [7, 11) is 1.22. The number of esters is 1. The molecule has 1 atom stereocenters. The highest BCUT2D eigenvalue weighted by atomic mass is 35.5. The van der Waals surface area contributed by atoms with Crippen molar-refractivity contribution in [2.24, 2.45) is 0 Å². The first kappa shape index (κ1) is 21.8. The van der Waals surface area contributed by atoms with E-state index in [0.717, 1.165) is 22.3 Å². The van der Waals surface area contributed by atoms with Gasteiger partial charge in [-0.05, 0) is 39.9 Å². The zero-order valence-electron chi connectivity index (χ0n) is 17.3. The number of benzene rings is 3. The quantitative estimate of drug-likeness (QED) is 0.527. The standard InChI is InChI=1S/C25H21ClFNO4/c1-31-24(29)23(13-15-10-11-21(26)22(27)12-15)28-25(30)32-14-20-18-8-4-2-6-16(18)17-7-3-5-9-19(17)20/h2-12,20,23H,13-14H2,1H3,(H,28,30)/t23-/m0/s1. The Morgan fingerprint density at radius 2 is 1.66 bits per heavy atom. The third-order valence-electron chi connectivity index (χ3n) is 5.55. The van der Waals surface area contributed by atoms with Gasteiger partial charge in [-0.3, -0.25) is 0 Å². The number of rotatable bonds is 6. The van der Waals surface area contributed by atoms with Crippen LogP contribution in [0.2, 0.25) is 5.02 Å². The van der Waals surface area contributed by atoms with E-state index in [4.69, 9.17) is 21.1 Å². The van der Waals surface area contributed by atoms with E-state index in [0.29, 0.717) is 5.56 Å². The van der Waals surface area contributed by atoms with Crippen LogP contribution in [0.4, 0.5) is 9.18 Å². The fraction of sp³-hybridized carbons (Fsp3) is 0.200. The second-order valence-electron chi connectivity index (χ2n) is 7.50. The number of methoxy groups -OCH3 is 1. The number of hydrogen-bond acceptors (Lipinski definition) is 4. The molecule has 0 heterocycles. The van der Waals surface area contributed by atoms with Crippen molar-refractivity contribution in [3.63, 3.8) is 0 Å². The van der Waals surface area contributed by atoms with E-state index >= 15 is 0 Å². The van der Waals surface area contributed by atoms with Crippen LogP contribution in [0.5, 0.6) is 0 Å². The van der Waals surface area contributed by atoms with E-state index in [1.807, 2.05) is 48.5 Å². The predicted octanol–water partition coefficient (Wildman–Crippen LogP) is 5.10. The van der Waals surface area contributed by atoms with Crippen molar-refractivity contribution in [2.45, 2.75) is 18.4 Å². The first-order valence-electron chi connectivity index (χ1n) is 10.1. The summed E-state index contributed by atoms with van der Waals surface area (Å²) in [5.41, 5.74) is 4.90. The lowest BCUT2D eigenvalue weighted by Crippen LogP contribution is -2.43. The van der Waals surface area contributed by atoms with Crippen LogP contribution in [0, 0.1) is 5.82 Å². The number of ether oxygens (including phenoxy) is 2. The number of fused-ring (bicyclic) bond motifs is 3. The minimum absolute atomic E-state index is 0.0205. The summed E-state index contributed by atoms with van der Waals surface area (Å²) in [6.45, 7) is 0.114. The fourth-order valence-corrected chi connectivity index (χ4v) is 4.14.